The first-order valence-corrected chi connectivity index (χ1v) is 8.48. The van der Waals surface area contributed by atoms with E-state index in [-0.39, 0.29) is 5.91 Å². The molecule has 3 N–H and O–H groups in total. The first-order chi connectivity index (χ1) is 12.2. The van der Waals surface area contributed by atoms with Crippen molar-refractivity contribution >= 4 is 23.3 Å². The monoisotopic (exact) mass is 352 g/mol. The third-order valence-electron chi connectivity index (χ3n) is 3.43. The SMILES string of the molecule is O=C(NNC(=O)c1cccs1)N[C@H](c1ccccc1)c1ccccn1. The number of urea groups is 1. The van der Waals surface area contributed by atoms with E-state index in [2.05, 4.69) is 21.2 Å². The second kappa shape index (κ2) is 8.07. The van der Waals surface area contributed by atoms with Crippen LogP contribution in [-0.4, -0.2) is 16.9 Å². The van der Waals surface area contributed by atoms with Gasteiger partial charge in [0, 0.05) is 6.20 Å². The van der Waals surface area contributed by atoms with E-state index in [9.17, 15) is 9.59 Å². The standard InChI is InChI=1S/C18H16N4O2S/c23-17(15-10-6-12-25-15)21-22-18(24)20-16(13-7-2-1-3-8-13)14-9-4-5-11-19-14/h1-12,16H,(H,21,23)(H2,20,22,24)/t16-/m1/s1. The van der Waals surface area contributed by atoms with Crippen molar-refractivity contribution in [1.82, 2.24) is 21.2 Å². The fourth-order valence-electron chi connectivity index (χ4n) is 2.27. The number of amides is 3. The quantitative estimate of drug-likeness (QED) is 0.631. The summed E-state index contributed by atoms with van der Waals surface area (Å²) in [6, 6.07) is 17.5. The molecule has 0 spiro atoms. The molecule has 3 aromatic rings. The van der Waals surface area contributed by atoms with Crippen molar-refractivity contribution in [3.63, 3.8) is 0 Å². The molecule has 0 bridgehead atoms. The zero-order valence-electron chi connectivity index (χ0n) is 13.2. The van der Waals surface area contributed by atoms with Gasteiger partial charge in [-0.15, -0.1) is 11.3 Å². The van der Waals surface area contributed by atoms with Gasteiger partial charge in [0.05, 0.1) is 16.6 Å². The predicted molar refractivity (Wildman–Crippen MR) is 96.0 cm³/mol. The molecule has 0 aliphatic carbocycles. The molecule has 0 unspecified atom stereocenters. The number of hydrogen-bond donors (Lipinski definition) is 3. The van der Waals surface area contributed by atoms with Crippen molar-refractivity contribution in [3.8, 4) is 0 Å². The van der Waals surface area contributed by atoms with Gasteiger partial charge in [0.2, 0.25) is 0 Å². The van der Waals surface area contributed by atoms with Crippen LogP contribution in [0.3, 0.4) is 0 Å². The maximum Gasteiger partial charge on any atom is 0.334 e. The third-order valence-corrected chi connectivity index (χ3v) is 4.30. The van der Waals surface area contributed by atoms with Crippen LogP contribution in [0, 0.1) is 0 Å². The smallest absolute Gasteiger partial charge is 0.324 e. The van der Waals surface area contributed by atoms with Crippen molar-refractivity contribution in [3.05, 3.63) is 88.4 Å². The van der Waals surface area contributed by atoms with Crippen LogP contribution in [0.25, 0.3) is 0 Å². The summed E-state index contributed by atoms with van der Waals surface area (Å²) < 4.78 is 0. The molecule has 0 radical (unpaired) electrons. The summed E-state index contributed by atoms with van der Waals surface area (Å²) in [7, 11) is 0. The molecule has 0 saturated heterocycles. The summed E-state index contributed by atoms with van der Waals surface area (Å²) >= 11 is 1.30. The van der Waals surface area contributed by atoms with Gasteiger partial charge in [0.15, 0.2) is 0 Å². The summed E-state index contributed by atoms with van der Waals surface area (Å²) in [6.07, 6.45) is 1.67. The number of rotatable bonds is 4. The van der Waals surface area contributed by atoms with Crippen LogP contribution in [0.2, 0.25) is 0 Å². The Balaban J connectivity index is 1.68. The Kier molecular flexibility index (Phi) is 5.38. The molecule has 6 nitrogen and oxygen atoms in total. The van der Waals surface area contributed by atoms with Crippen molar-refractivity contribution < 1.29 is 9.59 Å². The number of carbonyl (C=O) groups excluding carboxylic acids is 2. The first-order valence-electron chi connectivity index (χ1n) is 7.60. The first kappa shape index (κ1) is 16.7. The molecule has 0 fully saturated rings. The van der Waals surface area contributed by atoms with E-state index < -0.39 is 12.1 Å². The van der Waals surface area contributed by atoms with Crippen LogP contribution in [0.15, 0.2) is 72.2 Å². The van der Waals surface area contributed by atoms with Crippen LogP contribution < -0.4 is 16.2 Å². The summed E-state index contributed by atoms with van der Waals surface area (Å²) in [5, 5.41) is 4.62. The summed E-state index contributed by atoms with van der Waals surface area (Å²) in [5.74, 6) is -0.362. The van der Waals surface area contributed by atoms with Crippen LogP contribution in [0.1, 0.15) is 27.0 Å². The number of hydrazine groups is 1. The Labute approximate surface area is 148 Å². The van der Waals surface area contributed by atoms with Gasteiger partial charge in [-0.1, -0.05) is 42.5 Å². The molecular weight excluding hydrogens is 336 g/mol. The molecular formula is C18H16N4O2S. The Morgan fingerprint density at radius 2 is 1.72 bits per heavy atom. The van der Waals surface area contributed by atoms with E-state index in [0.717, 1.165) is 5.56 Å². The van der Waals surface area contributed by atoms with E-state index in [4.69, 9.17) is 0 Å². The minimum absolute atomic E-state index is 0.362. The van der Waals surface area contributed by atoms with Crippen molar-refractivity contribution in [2.24, 2.45) is 0 Å². The highest BCUT2D eigenvalue weighted by Gasteiger charge is 2.18. The fraction of sp³-hybridized carbons (Fsp3) is 0.0556. The minimum atomic E-state index is -0.524. The molecule has 3 amide bonds. The molecule has 3 rings (SSSR count). The number of hydrogen-bond acceptors (Lipinski definition) is 4. The lowest BCUT2D eigenvalue weighted by atomic mass is 10.0. The normalized spacial score (nSPS) is 11.4. The van der Waals surface area contributed by atoms with Crippen molar-refractivity contribution in [1.29, 1.82) is 0 Å². The van der Waals surface area contributed by atoms with E-state index >= 15 is 0 Å². The van der Waals surface area contributed by atoms with Gasteiger partial charge in [-0.25, -0.2) is 10.2 Å². The maximum atomic E-state index is 12.2. The summed E-state index contributed by atoms with van der Waals surface area (Å²) in [5.41, 5.74) is 6.34. The molecule has 2 aromatic heterocycles. The van der Waals surface area contributed by atoms with Gasteiger partial charge in [0.1, 0.15) is 0 Å². The largest absolute Gasteiger partial charge is 0.334 e. The zero-order valence-corrected chi connectivity index (χ0v) is 14.0. The summed E-state index contributed by atoms with van der Waals surface area (Å²) in [6.45, 7) is 0. The number of carbonyl (C=O) groups is 2. The Morgan fingerprint density at radius 3 is 2.40 bits per heavy atom. The molecule has 0 aliphatic heterocycles. The molecule has 25 heavy (non-hydrogen) atoms. The molecule has 126 valence electrons. The molecule has 0 saturated carbocycles. The molecule has 7 heteroatoms. The third kappa shape index (κ3) is 4.42. The van der Waals surface area contributed by atoms with E-state index in [1.165, 1.54) is 11.3 Å². The minimum Gasteiger partial charge on any atom is -0.324 e. The lowest BCUT2D eigenvalue weighted by Gasteiger charge is -2.19. The van der Waals surface area contributed by atoms with Crippen molar-refractivity contribution in [2.45, 2.75) is 6.04 Å². The van der Waals surface area contributed by atoms with Gasteiger partial charge in [0.25, 0.3) is 5.91 Å². The number of benzene rings is 1. The zero-order chi connectivity index (χ0) is 17.5. The topological polar surface area (TPSA) is 83.1 Å². The Bertz CT molecular complexity index is 783. The van der Waals surface area contributed by atoms with Gasteiger partial charge in [-0.05, 0) is 29.1 Å². The molecule has 1 atom stereocenters. The highest BCUT2D eigenvalue weighted by atomic mass is 32.1. The van der Waals surface area contributed by atoms with Gasteiger partial charge >= 0.3 is 6.03 Å². The van der Waals surface area contributed by atoms with E-state index in [1.807, 2.05) is 48.5 Å². The second-order valence-electron chi connectivity index (χ2n) is 5.13. The van der Waals surface area contributed by atoms with Crippen LogP contribution in [0.4, 0.5) is 4.79 Å². The van der Waals surface area contributed by atoms with Crippen molar-refractivity contribution in [2.75, 3.05) is 0 Å². The van der Waals surface area contributed by atoms with E-state index in [0.29, 0.717) is 10.6 Å². The van der Waals surface area contributed by atoms with E-state index in [1.54, 1.807) is 23.7 Å². The molecule has 0 aliphatic rings. The maximum absolute atomic E-state index is 12.2. The fourth-order valence-corrected chi connectivity index (χ4v) is 2.89. The lowest BCUT2D eigenvalue weighted by molar-refractivity contribution is 0.0940. The Hall–Kier alpha value is -3.19. The number of nitrogens with one attached hydrogen (secondary N) is 3. The number of aromatic nitrogens is 1. The predicted octanol–water partition coefficient (Wildman–Crippen LogP) is 2.88. The highest BCUT2D eigenvalue weighted by Crippen LogP contribution is 2.19. The van der Waals surface area contributed by atoms with Gasteiger partial charge in [-0.2, -0.15) is 0 Å². The number of pyridine rings is 1. The van der Waals surface area contributed by atoms with Crippen LogP contribution >= 0.6 is 11.3 Å². The highest BCUT2D eigenvalue weighted by molar-refractivity contribution is 7.12. The Morgan fingerprint density at radius 1 is 0.920 bits per heavy atom. The second-order valence-corrected chi connectivity index (χ2v) is 6.08. The average Bonchev–Trinajstić information content (AvgIpc) is 3.20. The molecule has 2 heterocycles. The average molecular weight is 352 g/mol. The van der Waals surface area contributed by atoms with Gasteiger partial charge < -0.3 is 5.32 Å². The van der Waals surface area contributed by atoms with Gasteiger partial charge in [-0.3, -0.25) is 15.2 Å². The number of thiophene rings is 1. The lowest BCUT2D eigenvalue weighted by Crippen LogP contribution is -2.48. The van der Waals surface area contributed by atoms with Crippen LogP contribution in [-0.2, 0) is 0 Å². The summed E-state index contributed by atoms with van der Waals surface area (Å²) in [4.78, 5) is 28.9. The molecule has 1 aromatic carbocycles. The van der Waals surface area contributed by atoms with Crippen LogP contribution in [0.5, 0.6) is 0 Å². The number of nitrogens with zero attached hydrogens (tertiary/aromatic N) is 1.